The molecule has 4 aliphatic heterocycles. The number of nitrogens with zero attached hydrogens (tertiary/aromatic N) is 6. The van der Waals surface area contributed by atoms with Crippen LogP contribution < -0.4 is 5.32 Å². The number of oxime groups is 1. The van der Waals surface area contributed by atoms with E-state index in [1.54, 1.807) is 32.9 Å². The number of ether oxygens (including phenoxy) is 4. The van der Waals surface area contributed by atoms with Gasteiger partial charge in [-0.25, -0.2) is 0 Å². The summed E-state index contributed by atoms with van der Waals surface area (Å²) in [5.41, 5.74) is -0.664. The fourth-order valence-corrected chi connectivity index (χ4v) is 9.97. The predicted molar refractivity (Wildman–Crippen MR) is 238 cm³/mol. The number of hydrogen-bond acceptors (Lipinski definition) is 17. The molecule has 5 heterocycles. The summed E-state index contributed by atoms with van der Waals surface area (Å²) in [7, 11) is 1.93. The monoisotopic (exact) mass is 914 g/mol. The Morgan fingerprint density at radius 1 is 1.09 bits per heavy atom. The molecule has 4 fully saturated rings. The third kappa shape index (κ3) is 12.0. The number of nitrogens with one attached hydrogen (secondary N) is 1. The standard InChI is InChI=1S/C46H71N7O12/c1-9-37-46(7,58)41(56)28(3)38(49-65-35-17-19-47-24-35)32-23-45(6,61-26-32)42(29(4)39(54)30(5)43(57)63-37)64-44-40(55)36(22-27(2)62-44)51(8)21-18-33-25-52(50-48-33)20-11-10-12-31-13-15-34(16-14-31)53(59)60/h13-16,25,27-30,32,35-37,40-42,44,47,55-56,58H,9-12,17-24,26H2,1-8H3/b49-38-/t27-,28+,29+,30-,32+,35-,36+,37-,40-,41-,42-,44+,45-,46-/m1/s1. The number of aryl methyl sites for hydroxylation is 2. The molecule has 0 amide bonds. The number of cyclic esters (lactones) is 1. The zero-order chi connectivity index (χ0) is 47.2. The molecule has 4 aliphatic rings. The Balaban J connectivity index is 1.15. The number of aliphatic hydroxyl groups is 3. The number of ketones is 1. The Morgan fingerprint density at radius 2 is 1.83 bits per heavy atom. The molecule has 2 bridgehead atoms. The highest BCUT2D eigenvalue weighted by Gasteiger charge is 2.55. The van der Waals surface area contributed by atoms with Gasteiger partial charge < -0.3 is 49.3 Å². The number of esters is 1. The molecule has 2 aromatic rings. The number of benzene rings is 1. The van der Waals surface area contributed by atoms with Gasteiger partial charge in [0.25, 0.3) is 5.69 Å². The highest BCUT2D eigenvalue weighted by atomic mass is 16.7. The summed E-state index contributed by atoms with van der Waals surface area (Å²) >= 11 is 0. The lowest BCUT2D eigenvalue weighted by molar-refractivity contribution is -0.384. The van der Waals surface area contributed by atoms with Crippen LogP contribution in [0.4, 0.5) is 5.69 Å². The second-order valence-corrected chi connectivity index (χ2v) is 19.2. The number of non-ortho nitro benzene ring substituents is 1. The van der Waals surface area contributed by atoms with Crippen molar-refractivity contribution in [3.63, 3.8) is 0 Å². The van der Waals surface area contributed by atoms with Crippen LogP contribution in [0.1, 0.15) is 98.2 Å². The van der Waals surface area contributed by atoms with Crippen LogP contribution in [0.25, 0.3) is 0 Å². The van der Waals surface area contributed by atoms with Gasteiger partial charge in [-0.3, -0.25) is 24.4 Å². The number of nitro benzene ring substituents is 1. The zero-order valence-electron chi connectivity index (χ0n) is 39.2. The van der Waals surface area contributed by atoms with E-state index in [9.17, 15) is 35.0 Å². The highest BCUT2D eigenvalue weighted by molar-refractivity contribution is 6.00. The van der Waals surface area contributed by atoms with Gasteiger partial charge in [0.1, 0.15) is 29.8 Å². The summed E-state index contributed by atoms with van der Waals surface area (Å²) in [4.78, 5) is 46.7. The van der Waals surface area contributed by atoms with E-state index in [1.807, 2.05) is 31.8 Å². The molecule has 6 rings (SSSR count). The van der Waals surface area contributed by atoms with Crippen molar-refractivity contribution < 1.29 is 53.6 Å². The van der Waals surface area contributed by atoms with Crippen LogP contribution in [0.3, 0.4) is 0 Å². The van der Waals surface area contributed by atoms with Gasteiger partial charge in [0.2, 0.25) is 0 Å². The van der Waals surface area contributed by atoms with Gasteiger partial charge in [0.15, 0.2) is 12.1 Å². The number of unbranched alkanes of at least 4 members (excludes halogenated alkanes) is 1. The van der Waals surface area contributed by atoms with Crippen molar-refractivity contribution in [2.24, 2.45) is 28.8 Å². The Labute approximate surface area is 381 Å². The van der Waals surface area contributed by atoms with E-state index in [1.165, 1.54) is 26.0 Å². The number of carbonyl (C=O) groups excluding carboxylic acids is 2. The molecule has 14 atom stereocenters. The minimum Gasteiger partial charge on any atom is -0.459 e. The molecule has 0 unspecified atom stereocenters. The van der Waals surface area contributed by atoms with Crippen molar-refractivity contribution >= 4 is 23.2 Å². The van der Waals surface area contributed by atoms with E-state index < -0.39 is 82.3 Å². The second kappa shape index (κ2) is 21.8. The normalized spacial score (nSPS) is 36.8. The lowest BCUT2D eigenvalue weighted by Crippen LogP contribution is -2.59. The van der Waals surface area contributed by atoms with Crippen LogP contribution in [-0.4, -0.2) is 151 Å². The SMILES string of the molecule is CC[C@H]1OC(=O)[C@H](C)C(=O)[C@H](C)[C@@H](O[C@@H]2O[C@H](C)C[C@H](N(C)CCc3cn(CCCCc4ccc([N+](=O)[O-])cc4)nn3)[C@H]2O)[C@@]2(C)C[C@@H](CO2)/C(=N\O[C@@H]2CCNC2)[C@H](C)[C@@H](O)[C@]1(C)O. The quantitative estimate of drug-likeness (QED) is 0.0658. The van der Waals surface area contributed by atoms with Gasteiger partial charge in [-0.1, -0.05) is 43.3 Å². The summed E-state index contributed by atoms with van der Waals surface area (Å²) in [6.45, 7) is 14.6. The predicted octanol–water partition coefficient (Wildman–Crippen LogP) is 3.39. The Morgan fingerprint density at radius 3 is 2.51 bits per heavy atom. The minimum absolute atomic E-state index is 0.0790. The molecule has 0 aliphatic carbocycles. The lowest BCUT2D eigenvalue weighted by Gasteiger charge is -2.46. The molecule has 0 radical (unpaired) electrons. The Bertz CT molecular complexity index is 1940. The van der Waals surface area contributed by atoms with Crippen molar-refractivity contribution in [2.75, 3.05) is 33.3 Å². The summed E-state index contributed by atoms with van der Waals surface area (Å²) in [6.07, 6.45) is 0.393. The van der Waals surface area contributed by atoms with Gasteiger partial charge in [-0.2, -0.15) is 0 Å². The van der Waals surface area contributed by atoms with E-state index in [0.717, 1.165) is 43.5 Å². The fourth-order valence-electron chi connectivity index (χ4n) is 9.97. The number of aliphatic hydroxyl groups excluding tert-OH is 2. The summed E-state index contributed by atoms with van der Waals surface area (Å²) in [5.74, 6) is -4.67. The van der Waals surface area contributed by atoms with Crippen molar-refractivity contribution in [1.29, 1.82) is 0 Å². The maximum absolute atomic E-state index is 14.3. The number of Topliss-reactive ketones (excluding diaryl/α,β-unsaturated/α-hetero) is 1. The van der Waals surface area contributed by atoms with Gasteiger partial charge >= 0.3 is 5.97 Å². The summed E-state index contributed by atoms with van der Waals surface area (Å²) in [6, 6.07) is 6.24. The van der Waals surface area contributed by atoms with Crippen LogP contribution in [0.2, 0.25) is 0 Å². The van der Waals surface area contributed by atoms with Gasteiger partial charge in [0.05, 0.1) is 46.8 Å². The average molecular weight is 914 g/mol. The van der Waals surface area contributed by atoms with Gasteiger partial charge in [0, 0.05) is 74.6 Å². The Kier molecular flexibility index (Phi) is 16.9. The molecule has 362 valence electrons. The average Bonchev–Trinajstić information content (AvgIpc) is 4.07. The van der Waals surface area contributed by atoms with E-state index in [0.29, 0.717) is 38.2 Å². The molecule has 4 N–H and O–H groups in total. The van der Waals surface area contributed by atoms with Crippen LogP contribution in [-0.2, 0) is 52.8 Å². The number of hydrogen-bond donors (Lipinski definition) is 4. The maximum atomic E-state index is 14.3. The Hall–Kier alpha value is -3.95. The van der Waals surface area contributed by atoms with Gasteiger partial charge in [-0.05, 0) is 85.4 Å². The third-order valence-corrected chi connectivity index (χ3v) is 14.1. The first-order valence-electron chi connectivity index (χ1n) is 23.4. The van der Waals surface area contributed by atoms with Crippen LogP contribution in [0, 0.1) is 33.8 Å². The molecule has 4 saturated heterocycles. The topological polar surface area (TPSA) is 242 Å². The largest absolute Gasteiger partial charge is 0.459 e. The molecular weight excluding hydrogens is 843 g/mol. The smallest absolute Gasteiger partial charge is 0.316 e. The third-order valence-electron chi connectivity index (χ3n) is 14.1. The maximum Gasteiger partial charge on any atom is 0.316 e. The summed E-state index contributed by atoms with van der Waals surface area (Å²) < 4.78 is 27.4. The van der Waals surface area contributed by atoms with Crippen molar-refractivity contribution in [1.82, 2.24) is 25.2 Å². The van der Waals surface area contributed by atoms with Crippen molar-refractivity contribution in [2.45, 2.75) is 167 Å². The molecule has 0 spiro atoms. The lowest BCUT2D eigenvalue weighted by atomic mass is 9.75. The number of nitro groups is 1. The van der Waals surface area contributed by atoms with E-state index in [-0.39, 0.29) is 43.4 Å². The number of fused-ring (bicyclic) bond motifs is 2. The fraction of sp³-hybridized carbons (Fsp3) is 0.761. The van der Waals surface area contributed by atoms with Gasteiger partial charge in [-0.15, -0.1) is 5.10 Å². The molecule has 0 saturated carbocycles. The first-order chi connectivity index (χ1) is 30.8. The second-order valence-electron chi connectivity index (χ2n) is 19.2. The van der Waals surface area contributed by atoms with Crippen molar-refractivity contribution in [3.05, 3.63) is 51.8 Å². The molecular formula is C46H71N7O12. The molecule has 19 nitrogen and oxygen atoms in total. The van der Waals surface area contributed by atoms with E-state index >= 15 is 0 Å². The van der Waals surface area contributed by atoms with Crippen LogP contribution >= 0.6 is 0 Å². The summed E-state index contributed by atoms with van der Waals surface area (Å²) in [5, 5.41) is 63.2. The van der Waals surface area contributed by atoms with Crippen LogP contribution in [0.15, 0.2) is 35.6 Å². The van der Waals surface area contributed by atoms with Crippen molar-refractivity contribution in [3.8, 4) is 0 Å². The number of likely N-dealkylation sites (N-methyl/N-ethyl adjacent to an activating group) is 1. The highest BCUT2D eigenvalue weighted by Crippen LogP contribution is 2.43. The van der Waals surface area contributed by atoms with E-state index in [4.69, 9.17) is 23.8 Å². The van der Waals surface area contributed by atoms with Crippen LogP contribution in [0.5, 0.6) is 0 Å². The number of aromatic nitrogens is 3. The first-order valence-corrected chi connectivity index (χ1v) is 23.4. The minimum atomic E-state index is -1.90. The van der Waals surface area contributed by atoms with E-state index in [2.05, 4.69) is 25.7 Å². The number of rotatable bonds is 15. The molecule has 1 aromatic heterocycles. The number of carbonyl (C=O) groups is 2. The first kappa shape index (κ1) is 50.5. The molecule has 1 aromatic carbocycles. The zero-order valence-corrected chi connectivity index (χ0v) is 39.2. The molecule has 65 heavy (non-hydrogen) atoms. The molecule has 19 heteroatoms.